The van der Waals surface area contributed by atoms with E-state index in [1.54, 1.807) is 23.5 Å². The Hall–Kier alpha value is -2.15. The third-order valence-electron chi connectivity index (χ3n) is 5.20. The molecule has 3 heterocycles. The van der Waals surface area contributed by atoms with Crippen LogP contribution in [0.15, 0.2) is 40.9 Å². The van der Waals surface area contributed by atoms with Gasteiger partial charge < -0.3 is 5.32 Å². The SMILES string of the molecule is Cc1ccsc1C1C2=C(CCCC2=O)Nc2nc(-c3ccc(Cl)c(Cl)c3)nn21. The van der Waals surface area contributed by atoms with Crippen LogP contribution in [0.2, 0.25) is 10.0 Å². The second kappa shape index (κ2) is 6.72. The molecule has 5 nitrogen and oxygen atoms in total. The van der Waals surface area contributed by atoms with E-state index in [-0.39, 0.29) is 11.8 Å². The summed E-state index contributed by atoms with van der Waals surface area (Å²) in [6, 6.07) is 7.17. The number of carbonyl (C=O) groups excluding carboxylic acids is 1. The van der Waals surface area contributed by atoms with Crippen LogP contribution in [0.4, 0.5) is 5.95 Å². The number of thiophene rings is 1. The Morgan fingerprint density at radius 2 is 2.07 bits per heavy atom. The Kier molecular flexibility index (Phi) is 4.30. The molecule has 0 saturated carbocycles. The Labute approximate surface area is 176 Å². The Bertz CT molecular complexity index is 1150. The summed E-state index contributed by atoms with van der Waals surface area (Å²) in [6.45, 7) is 2.07. The molecule has 0 radical (unpaired) electrons. The molecule has 3 aromatic rings. The first kappa shape index (κ1) is 17.9. The van der Waals surface area contributed by atoms with Gasteiger partial charge in [0.2, 0.25) is 5.95 Å². The average molecular weight is 431 g/mol. The summed E-state index contributed by atoms with van der Waals surface area (Å²) in [5.74, 6) is 1.38. The van der Waals surface area contributed by atoms with E-state index in [0.29, 0.717) is 28.2 Å². The largest absolute Gasteiger partial charge is 0.328 e. The first-order valence-electron chi connectivity index (χ1n) is 9.02. The minimum absolute atomic E-state index is 0.184. The lowest BCUT2D eigenvalue weighted by atomic mass is 9.87. The highest BCUT2D eigenvalue weighted by Crippen LogP contribution is 2.43. The molecule has 1 N–H and O–H groups in total. The van der Waals surface area contributed by atoms with Crippen LogP contribution in [0.5, 0.6) is 0 Å². The van der Waals surface area contributed by atoms with Crippen LogP contribution < -0.4 is 5.32 Å². The number of fused-ring (bicyclic) bond motifs is 1. The summed E-state index contributed by atoms with van der Waals surface area (Å²) in [6.07, 6.45) is 2.27. The van der Waals surface area contributed by atoms with Crippen LogP contribution in [0.3, 0.4) is 0 Å². The lowest BCUT2D eigenvalue weighted by molar-refractivity contribution is -0.116. The number of Topliss-reactive ketones (excluding diaryl/α,β-unsaturated/α-hetero) is 1. The summed E-state index contributed by atoms with van der Waals surface area (Å²) >= 11 is 13.9. The molecule has 0 fully saturated rings. The minimum Gasteiger partial charge on any atom is -0.328 e. The fraction of sp³-hybridized carbons (Fsp3) is 0.250. The third kappa shape index (κ3) is 2.79. The van der Waals surface area contributed by atoms with Crippen molar-refractivity contribution in [1.29, 1.82) is 0 Å². The molecule has 0 saturated heterocycles. The maximum absolute atomic E-state index is 12.8. The first-order chi connectivity index (χ1) is 13.5. The predicted octanol–water partition coefficient (Wildman–Crippen LogP) is 5.64. The molecular formula is C20H16Cl2N4OS. The lowest BCUT2D eigenvalue weighted by Crippen LogP contribution is -2.31. The fourth-order valence-electron chi connectivity index (χ4n) is 3.82. The molecule has 2 aromatic heterocycles. The van der Waals surface area contributed by atoms with E-state index < -0.39 is 0 Å². The topological polar surface area (TPSA) is 59.8 Å². The number of ketones is 1. The lowest BCUT2D eigenvalue weighted by Gasteiger charge is -2.31. The van der Waals surface area contributed by atoms with E-state index in [1.165, 1.54) is 0 Å². The van der Waals surface area contributed by atoms with Gasteiger partial charge in [-0.1, -0.05) is 23.2 Å². The van der Waals surface area contributed by atoms with Crippen molar-refractivity contribution in [3.8, 4) is 11.4 Å². The molecule has 8 heteroatoms. The number of nitrogens with zero attached hydrogens (tertiary/aromatic N) is 3. The van der Waals surface area contributed by atoms with Gasteiger partial charge in [-0.3, -0.25) is 4.79 Å². The Balaban J connectivity index is 1.68. The summed E-state index contributed by atoms with van der Waals surface area (Å²) in [5, 5.41) is 11.1. The molecular weight excluding hydrogens is 415 g/mol. The second-order valence-electron chi connectivity index (χ2n) is 7.00. The zero-order chi connectivity index (χ0) is 19.4. The zero-order valence-electron chi connectivity index (χ0n) is 15.0. The van der Waals surface area contributed by atoms with E-state index in [9.17, 15) is 4.79 Å². The standard InChI is InChI=1S/C20H16Cl2N4OS/c1-10-7-8-28-18(10)17-16-14(3-2-4-15(16)27)23-20-24-19(25-26(17)20)11-5-6-12(21)13(22)9-11/h5-9,17H,2-4H2,1H3,(H,23,24,25). The van der Waals surface area contributed by atoms with Crippen molar-refractivity contribution in [3.63, 3.8) is 0 Å². The number of carbonyl (C=O) groups is 1. The molecule has 1 unspecified atom stereocenters. The number of anilines is 1. The Morgan fingerprint density at radius 3 is 2.82 bits per heavy atom. The summed E-state index contributed by atoms with van der Waals surface area (Å²) in [7, 11) is 0. The number of hydrogen-bond acceptors (Lipinski definition) is 5. The molecule has 5 rings (SSSR count). The molecule has 1 aliphatic carbocycles. The number of rotatable bonds is 2. The van der Waals surface area contributed by atoms with Gasteiger partial charge in [0, 0.05) is 28.1 Å². The van der Waals surface area contributed by atoms with Gasteiger partial charge in [-0.05, 0) is 55.0 Å². The van der Waals surface area contributed by atoms with Crippen LogP contribution >= 0.6 is 34.5 Å². The van der Waals surface area contributed by atoms with Crippen molar-refractivity contribution < 1.29 is 4.79 Å². The van der Waals surface area contributed by atoms with Gasteiger partial charge in [0.1, 0.15) is 6.04 Å². The number of aromatic nitrogens is 3. The maximum atomic E-state index is 12.8. The second-order valence-corrected chi connectivity index (χ2v) is 8.76. The van der Waals surface area contributed by atoms with Crippen LogP contribution in [0.1, 0.15) is 35.7 Å². The van der Waals surface area contributed by atoms with Gasteiger partial charge in [-0.25, -0.2) is 4.68 Å². The van der Waals surface area contributed by atoms with E-state index in [1.807, 2.05) is 10.7 Å². The van der Waals surface area contributed by atoms with E-state index in [0.717, 1.165) is 40.1 Å². The highest BCUT2D eigenvalue weighted by Gasteiger charge is 2.38. The molecule has 142 valence electrons. The molecule has 1 aliphatic heterocycles. The van der Waals surface area contributed by atoms with Crippen molar-refractivity contribution in [2.75, 3.05) is 5.32 Å². The van der Waals surface area contributed by atoms with Gasteiger partial charge in [0.15, 0.2) is 11.6 Å². The Morgan fingerprint density at radius 1 is 1.21 bits per heavy atom. The van der Waals surface area contributed by atoms with Gasteiger partial charge >= 0.3 is 0 Å². The van der Waals surface area contributed by atoms with Crippen molar-refractivity contribution in [3.05, 3.63) is 61.4 Å². The van der Waals surface area contributed by atoms with Crippen LogP contribution in [-0.4, -0.2) is 20.5 Å². The monoisotopic (exact) mass is 430 g/mol. The number of halogens is 2. The van der Waals surface area contributed by atoms with E-state index in [4.69, 9.17) is 33.3 Å². The molecule has 1 atom stereocenters. The maximum Gasteiger partial charge on any atom is 0.226 e. The molecule has 2 aliphatic rings. The van der Waals surface area contributed by atoms with Gasteiger partial charge in [-0.2, -0.15) is 4.98 Å². The fourth-order valence-corrected chi connectivity index (χ4v) is 5.14. The van der Waals surface area contributed by atoms with Crippen molar-refractivity contribution in [2.24, 2.45) is 0 Å². The first-order valence-corrected chi connectivity index (χ1v) is 10.7. The number of allylic oxidation sites excluding steroid dienone is 2. The van der Waals surface area contributed by atoms with Crippen LogP contribution in [0.25, 0.3) is 11.4 Å². The smallest absolute Gasteiger partial charge is 0.226 e. The number of nitrogens with one attached hydrogen (secondary N) is 1. The summed E-state index contributed by atoms with van der Waals surface area (Å²) < 4.78 is 1.83. The number of benzene rings is 1. The van der Waals surface area contributed by atoms with Gasteiger partial charge in [-0.15, -0.1) is 16.4 Å². The third-order valence-corrected chi connectivity index (χ3v) is 7.01. The highest BCUT2D eigenvalue weighted by molar-refractivity contribution is 7.10. The molecule has 28 heavy (non-hydrogen) atoms. The number of hydrogen-bond donors (Lipinski definition) is 1. The summed E-state index contributed by atoms with van der Waals surface area (Å²) in [4.78, 5) is 18.6. The van der Waals surface area contributed by atoms with Crippen LogP contribution in [0, 0.1) is 6.92 Å². The zero-order valence-corrected chi connectivity index (χ0v) is 17.3. The molecule has 0 spiro atoms. The highest BCUT2D eigenvalue weighted by atomic mass is 35.5. The van der Waals surface area contributed by atoms with Crippen molar-refractivity contribution in [2.45, 2.75) is 32.2 Å². The summed E-state index contributed by atoms with van der Waals surface area (Å²) in [5.41, 5.74) is 3.72. The molecule has 1 aromatic carbocycles. The van der Waals surface area contributed by atoms with Crippen LogP contribution in [-0.2, 0) is 4.79 Å². The normalized spacial score (nSPS) is 18.7. The number of aryl methyl sites for hydroxylation is 1. The van der Waals surface area contributed by atoms with Gasteiger partial charge in [0.05, 0.1) is 10.0 Å². The predicted molar refractivity (Wildman–Crippen MR) is 112 cm³/mol. The quantitative estimate of drug-likeness (QED) is 0.570. The van der Waals surface area contributed by atoms with E-state index in [2.05, 4.69) is 23.7 Å². The minimum atomic E-state index is -0.247. The van der Waals surface area contributed by atoms with Crippen molar-refractivity contribution >= 4 is 46.3 Å². The molecule has 0 amide bonds. The van der Waals surface area contributed by atoms with Crippen molar-refractivity contribution in [1.82, 2.24) is 14.8 Å². The average Bonchev–Trinajstić information content (AvgIpc) is 3.28. The van der Waals surface area contributed by atoms with Gasteiger partial charge in [0.25, 0.3) is 0 Å². The van der Waals surface area contributed by atoms with E-state index >= 15 is 0 Å². The molecule has 0 bridgehead atoms.